The van der Waals surface area contributed by atoms with Gasteiger partial charge in [-0.3, -0.25) is 4.79 Å². The highest BCUT2D eigenvalue weighted by atomic mass is 16.7. The summed E-state index contributed by atoms with van der Waals surface area (Å²) in [6, 6.07) is 17.0. The number of ether oxygens (including phenoxy) is 2. The number of aliphatic hydroxyl groups is 4. The van der Waals surface area contributed by atoms with Crippen LogP contribution in [0.25, 0.3) is 10.8 Å². The average Bonchev–Trinajstić information content (AvgIpc) is 2.87. The first-order chi connectivity index (χ1) is 16.8. The van der Waals surface area contributed by atoms with Gasteiger partial charge in [-0.1, -0.05) is 49.4 Å². The van der Waals surface area contributed by atoms with Crippen molar-refractivity contribution in [3.63, 3.8) is 0 Å². The summed E-state index contributed by atoms with van der Waals surface area (Å²) < 4.78 is 11.2. The molecule has 0 bridgehead atoms. The van der Waals surface area contributed by atoms with E-state index in [2.05, 4.69) is 0 Å². The summed E-state index contributed by atoms with van der Waals surface area (Å²) in [5.74, 6) is -0.625. The van der Waals surface area contributed by atoms with E-state index in [1.165, 1.54) is 6.07 Å². The van der Waals surface area contributed by atoms with E-state index in [0.717, 1.165) is 16.3 Å². The minimum atomic E-state index is -1.64. The van der Waals surface area contributed by atoms with Crippen LogP contribution in [-0.4, -0.2) is 68.6 Å². The molecule has 0 aromatic heterocycles. The molecule has 0 spiro atoms. The highest BCUT2D eigenvalue weighted by molar-refractivity contribution is 6.01. The fraction of sp³-hybridized carbons (Fsp3) is 0.370. The number of fused-ring (bicyclic) bond motifs is 1. The van der Waals surface area contributed by atoms with Gasteiger partial charge in [0, 0.05) is 6.42 Å². The molecule has 0 radical (unpaired) electrons. The Labute approximate surface area is 203 Å². The van der Waals surface area contributed by atoms with E-state index in [9.17, 15) is 30.3 Å². The van der Waals surface area contributed by atoms with Crippen LogP contribution in [-0.2, 0) is 17.6 Å². The van der Waals surface area contributed by atoms with Crippen LogP contribution in [0.4, 0.5) is 0 Å². The van der Waals surface area contributed by atoms with Crippen LogP contribution in [0.5, 0.6) is 11.5 Å². The maximum atomic E-state index is 13.2. The van der Waals surface area contributed by atoms with E-state index < -0.39 is 37.3 Å². The van der Waals surface area contributed by atoms with E-state index in [0.29, 0.717) is 18.4 Å². The van der Waals surface area contributed by atoms with E-state index >= 15 is 0 Å². The Morgan fingerprint density at radius 1 is 0.943 bits per heavy atom. The average molecular weight is 483 g/mol. The van der Waals surface area contributed by atoms with Gasteiger partial charge in [0.1, 0.15) is 41.5 Å². The van der Waals surface area contributed by atoms with Crippen molar-refractivity contribution in [1.29, 1.82) is 0 Å². The molecule has 1 aliphatic heterocycles. The summed E-state index contributed by atoms with van der Waals surface area (Å²) >= 11 is 0. The van der Waals surface area contributed by atoms with Gasteiger partial charge in [0.15, 0.2) is 5.78 Å². The van der Waals surface area contributed by atoms with Gasteiger partial charge < -0.3 is 35.0 Å². The van der Waals surface area contributed by atoms with Crippen molar-refractivity contribution in [2.45, 2.75) is 56.9 Å². The monoisotopic (exact) mass is 482 g/mol. The third-order valence-electron chi connectivity index (χ3n) is 6.37. The predicted molar refractivity (Wildman–Crippen MR) is 128 cm³/mol. The van der Waals surface area contributed by atoms with Crippen molar-refractivity contribution in [3.05, 3.63) is 71.3 Å². The van der Waals surface area contributed by atoms with Crippen molar-refractivity contribution >= 4 is 16.6 Å². The molecule has 1 aliphatic rings. The van der Waals surface area contributed by atoms with Gasteiger partial charge in [0.05, 0.1) is 6.61 Å². The number of phenolic OH excluding ortho intramolecular Hbond substituents is 1. The lowest BCUT2D eigenvalue weighted by atomic mass is 9.97. The van der Waals surface area contributed by atoms with Crippen molar-refractivity contribution in [2.75, 3.05) is 6.61 Å². The Hall–Kier alpha value is -3.01. The van der Waals surface area contributed by atoms with Gasteiger partial charge in [-0.05, 0) is 46.9 Å². The van der Waals surface area contributed by atoms with Crippen LogP contribution in [0.1, 0.15) is 34.8 Å². The number of benzene rings is 3. The first-order valence-electron chi connectivity index (χ1n) is 11.7. The van der Waals surface area contributed by atoms with Crippen LogP contribution in [0, 0.1) is 0 Å². The van der Waals surface area contributed by atoms with Crippen LogP contribution in [0.3, 0.4) is 0 Å². The summed E-state index contributed by atoms with van der Waals surface area (Å²) in [5.41, 5.74) is 1.60. The summed E-state index contributed by atoms with van der Waals surface area (Å²) in [4.78, 5) is 13.2. The summed E-state index contributed by atoms with van der Waals surface area (Å²) in [6.07, 6.45) is -6.34. The number of carbonyl (C=O) groups is 1. The number of phenols is 1. The lowest BCUT2D eigenvalue weighted by Crippen LogP contribution is -2.60. The molecular weight excluding hydrogens is 452 g/mol. The number of aliphatic hydroxyl groups excluding tert-OH is 4. The summed E-state index contributed by atoms with van der Waals surface area (Å²) in [7, 11) is 0. The third-order valence-corrected chi connectivity index (χ3v) is 6.37. The molecule has 8 nitrogen and oxygen atoms in total. The molecular formula is C27H30O8. The number of aryl methyl sites for hydroxylation is 2. The molecule has 186 valence electrons. The maximum absolute atomic E-state index is 13.2. The molecule has 5 N–H and O–H groups in total. The standard InChI is InChI=1S/C27H30O8/c1-2-15-12-20(30)23(19(29)10-8-16-7-9-17-5-3-4-6-18(17)11-16)21(13-15)34-27-26(33)25(32)24(31)22(14-28)35-27/h3-7,9,11-13,22,24-28,30-33H,2,8,10,14H2,1H3/t22-,24-,25+,26-,27-/m1/s1. The molecule has 8 heteroatoms. The second-order valence-electron chi connectivity index (χ2n) is 8.76. The summed E-state index contributed by atoms with van der Waals surface area (Å²) in [5, 5.41) is 52.7. The Balaban J connectivity index is 1.57. The van der Waals surface area contributed by atoms with E-state index in [-0.39, 0.29) is 29.3 Å². The number of Topliss-reactive ketones (excluding diaryl/α,β-unsaturated/α-hetero) is 1. The van der Waals surface area contributed by atoms with Gasteiger partial charge in [0.25, 0.3) is 0 Å². The number of carbonyl (C=O) groups excluding carboxylic acids is 1. The van der Waals surface area contributed by atoms with Crippen LogP contribution < -0.4 is 4.74 Å². The quantitative estimate of drug-likeness (QED) is 0.308. The fourth-order valence-electron chi connectivity index (χ4n) is 4.30. The van der Waals surface area contributed by atoms with Crippen molar-refractivity contribution in [1.82, 2.24) is 0 Å². The Bertz CT molecular complexity index is 1190. The number of aromatic hydroxyl groups is 1. The number of rotatable bonds is 8. The number of hydrogen-bond donors (Lipinski definition) is 5. The zero-order valence-electron chi connectivity index (χ0n) is 19.4. The van der Waals surface area contributed by atoms with Crippen LogP contribution in [0.2, 0.25) is 0 Å². The van der Waals surface area contributed by atoms with Crippen LogP contribution in [0.15, 0.2) is 54.6 Å². The maximum Gasteiger partial charge on any atom is 0.229 e. The smallest absolute Gasteiger partial charge is 0.229 e. The molecule has 1 saturated heterocycles. The molecule has 1 heterocycles. The van der Waals surface area contributed by atoms with Gasteiger partial charge in [-0.2, -0.15) is 0 Å². The molecule has 3 aromatic rings. The zero-order valence-corrected chi connectivity index (χ0v) is 19.4. The van der Waals surface area contributed by atoms with Crippen molar-refractivity contribution in [2.24, 2.45) is 0 Å². The van der Waals surface area contributed by atoms with Gasteiger partial charge in [-0.15, -0.1) is 0 Å². The van der Waals surface area contributed by atoms with Crippen molar-refractivity contribution < 1.29 is 39.8 Å². The van der Waals surface area contributed by atoms with Gasteiger partial charge >= 0.3 is 0 Å². The van der Waals surface area contributed by atoms with Gasteiger partial charge in [-0.25, -0.2) is 0 Å². The molecule has 3 aromatic carbocycles. The van der Waals surface area contributed by atoms with E-state index in [1.807, 2.05) is 49.4 Å². The number of hydrogen-bond acceptors (Lipinski definition) is 8. The fourth-order valence-corrected chi connectivity index (χ4v) is 4.30. The molecule has 0 unspecified atom stereocenters. The molecule has 1 fully saturated rings. The summed E-state index contributed by atoms with van der Waals surface area (Å²) in [6.45, 7) is 1.26. The minimum absolute atomic E-state index is 0.00492. The SMILES string of the molecule is CCc1cc(O)c(C(=O)CCc2ccc3ccccc3c2)c(O[C@@H]2O[C@H](CO)[C@@H](O)[C@H](O)[C@H]2O)c1. The highest BCUT2D eigenvalue weighted by Crippen LogP contribution is 2.34. The highest BCUT2D eigenvalue weighted by Gasteiger charge is 2.45. The first kappa shape index (κ1) is 25.1. The normalized spacial score (nSPS) is 24.4. The minimum Gasteiger partial charge on any atom is -0.507 e. The second kappa shape index (κ2) is 10.7. The van der Waals surface area contributed by atoms with Crippen LogP contribution >= 0.6 is 0 Å². The lowest BCUT2D eigenvalue weighted by molar-refractivity contribution is -0.277. The zero-order chi connectivity index (χ0) is 25.1. The third kappa shape index (κ3) is 5.32. The molecule has 4 rings (SSSR count). The predicted octanol–water partition coefficient (Wildman–Crippen LogP) is 2.10. The van der Waals surface area contributed by atoms with Crippen molar-refractivity contribution in [3.8, 4) is 11.5 Å². The topological polar surface area (TPSA) is 137 Å². The largest absolute Gasteiger partial charge is 0.507 e. The van der Waals surface area contributed by atoms with Gasteiger partial charge in [0.2, 0.25) is 6.29 Å². The lowest BCUT2D eigenvalue weighted by Gasteiger charge is -2.39. The van der Waals surface area contributed by atoms with E-state index in [1.54, 1.807) is 6.07 Å². The molecule has 0 amide bonds. The molecule has 0 saturated carbocycles. The first-order valence-corrected chi connectivity index (χ1v) is 11.7. The number of ketones is 1. The van der Waals surface area contributed by atoms with E-state index in [4.69, 9.17) is 9.47 Å². The molecule has 35 heavy (non-hydrogen) atoms. The Morgan fingerprint density at radius 2 is 1.69 bits per heavy atom. The second-order valence-corrected chi connectivity index (χ2v) is 8.76. The Morgan fingerprint density at radius 3 is 2.40 bits per heavy atom. The molecule has 5 atom stereocenters. The Kier molecular flexibility index (Phi) is 7.69. The molecule has 0 aliphatic carbocycles.